The van der Waals surface area contributed by atoms with Crippen LogP contribution in [0, 0.1) is 17.2 Å². The molecule has 0 aromatic carbocycles. The first-order valence-electron chi connectivity index (χ1n) is 4.36. The van der Waals surface area contributed by atoms with Gasteiger partial charge in [-0.3, -0.25) is 0 Å². The molecule has 2 N–H and O–H groups in total. The number of nitriles is 1. The van der Waals surface area contributed by atoms with Gasteiger partial charge in [0.15, 0.2) is 0 Å². The fraction of sp³-hybridized carbons (Fsp3) is 0.778. The maximum atomic E-state index is 11.1. The van der Waals surface area contributed by atoms with Crippen LogP contribution in [0.15, 0.2) is 0 Å². The van der Waals surface area contributed by atoms with Crippen molar-refractivity contribution in [2.24, 2.45) is 5.92 Å². The first-order chi connectivity index (χ1) is 6.39. The topological polar surface area (TPSA) is 82.3 Å². The third kappa shape index (κ3) is 6.26. The van der Waals surface area contributed by atoms with Crippen molar-refractivity contribution in [3.63, 3.8) is 0 Å². The number of nitrogens with zero attached hydrogens (tertiary/aromatic N) is 1. The lowest BCUT2D eigenvalue weighted by atomic mass is 10.2. The molecule has 0 saturated carbocycles. The Morgan fingerprint density at radius 1 is 1.64 bits per heavy atom. The third-order valence-corrected chi connectivity index (χ3v) is 1.29. The van der Waals surface area contributed by atoms with Gasteiger partial charge in [0.05, 0.1) is 18.6 Å². The van der Waals surface area contributed by atoms with Crippen LogP contribution in [0.3, 0.4) is 0 Å². The van der Waals surface area contributed by atoms with Crippen LogP contribution in [0.1, 0.15) is 20.8 Å². The van der Waals surface area contributed by atoms with Gasteiger partial charge in [0.1, 0.15) is 5.60 Å². The van der Waals surface area contributed by atoms with Gasteiger partial charge in [-0.2, -0.15) is 5.26 Å². The van der Waals surface area contributed by atoms with E-state index in [-0.39, 0.29) is 13.2 Å². The number of nitrogens with one attached hydrogen (secondary N) is 1. The van der Waals surface area contributed by atoms with Crippen molar-refractivity contribution in [1.29, 1.82) is 5.26 Å². The lowest BCUT2D eigenvalue weighted by molar-refractivity contribution is 0.0519. The highest BCUT2D eigenvalue weighted by Crippen LogP contribution is 2.06. The molecule has 0 saturated heterocycles. The number of carbonyl (C=O) groups excluding carboxylic acids is 1. The van der Waals surface area contributed by atoms with E-state index in [9.17, 15) is 4.79 Å². The van der Waals surface area contributed by atoms with Gasteiger partial charge in [-0.15, -0.1) is 0 Å². The van der Waals surface area contributed by atoms with Crippen LogP contribution in [0.5, 0.6) is 0 Å². The zero-order valence-corrected chi connectivity index (χ0v) is 8.70. The maximum absolute atomic E-state index is 11.1. The summed E-state index contributed by atoms with van der Waals surface area (Å²) in [5, 5.41) is 19.5. The van der Waals surface area contributed by atoms with E-state index in [0.717, 1.165) is 0 Å². The Balaban J connectivity index is 3.81. The molecule has 0 fully saturated rings. The molecular formula is C9H16N2O3. The summed E-state index contributed by atoms with van der Waals surface area (Å²) in [4.78, 5) is 11.1. The average molecular weight is 200 g/mol. The molecule has 14 heavy (non-hydrogen) atoms. The van der Waals surface area contributed by atoms with Gasteiger partial charge in [-0.05, 0) is 20.8 Å². The second kappa shape index (κ2) is 5.45. The molecule has 0 bridgehead atoms. The van der Waals surface area contributed by atoms with Gasteiger partial charge in [0.25, 0.3) is 0 Å². The molecule has 0 radical (unpaired) electrons. The van der Waals surface area contributed by atoms with E-state index in [1.54, 1.807) is 20.8 Å². The Morgan fingerprint density at radius 3 is 2.57 bits per heavy atom. The van der Waals surface area contributed by atoms with Gasteiger partial charge >= 0.3 is 6.09 Å². The highest BCUT2D eigenvalue weighted by molar-refractivity contribution is 5.67. The molecule has 5 nitrogen and oxygen atoms in total. The number of hydrogen-bond acceptors (Lipinski definition) is 4. The van der Waals surface area contributed by atoms with Crippen molar-refractivity contribution in [3.8, 4) is 6.07 Å². The van der Waals surface area contributed by atoms with Crippen LogP contribution in [0.25, 0.3) is 0 Å². The van der Waals surface area contributed by atoms with Crippen molar-refractivity contribution in [3.05, 3.63) is 0 Å². The minimum absolute atomic E-state index is 0.0991. The molecule has 0 aromatic heterocycles. The first-order valence-corrected chi connectivity index (χ1v) is 4.36. The van der Waals surface area contributed by atoms with E-state index in [1.807, 2.05) is 6.07 Å². The fourth-order valence-electron chi connectivity index (χ4n) is 0.672. The minimum Gasteiger partial charge on any atom is -0.444 e. The summed E-state index contributed by atoms with van der Waals surface area (Å²) in [5.74, 6) is -0.581. The summed E-state index contributed by atoms with van der Waals surface area (Å²) in [6.07, 6.45) is -0.578. The SMILES string of the molecule is CC(C)(C)OC(=O)NC[C@@H](C#N)CO. The largest absolute Gasteiger partial charge is 0.444 e. The van der Waals surface area contributed by atoms with Gasteiger partial charge in [-0.1, -0.05) is 0 Å². The third-order valence-electron chi connectivity index (χ3n) is 1.29. The average Bonchev–Trinajstić information content (AvgIpc) is 2.03. The Morgan fingerprint density at radius 2 is 2.21 bits per heavy atom. The predicted octanol–water partition coefficient (Wildman–Crippen LogP) is 0.643. The summed E-state index contributed by atoms with van der Waals surface area (Å²) in [7, 11) is 0. The van der Waals surface area contributed by atoms with Crippen LogP contribution >= 0.6 is 0 Å². The van der Waals surface area contributed by atoms with Crippen molar-refractivity contribution < 1.29 is 14.6 Å². The Bertz CT molecular complexity index is 227. The Kier molecular flexibility index (Phi) is 4.95. The standard InChI is InChI=1S/C9H16N2O3/c1-9(2,3)14-8(13)11-5-7(4-10)6-12/h7,12H,5-6H2,1-3H3,(H,11,13)/t7-/m1/s1. The maximum Gasteiger partial charge on any atom is 0.407 e. The highest BCUT2D eigenvalue weighted by atomic mass is 16.6. The molecule has 0 aliphatic carbocycles. The van der Waals surface area contributed by atoms with Crippen molar-refractivity contribution in [2.75, 3.05) is 13.2 Å². The normalized spacial score (nSPS) is 12.8. The number of aliphatic hydroxyl groups is 1. The van der Waals surface area contributed by atoms with E-state index < -0.39 is 17.6 Å². The number of rotatable bonds is 3. The summed E-state index contributed by atoms with van der Waals surface area (Å²) in [6, 6.07) is 1.85. The van der Waals surface area contributed by atoms with Gasteiger partial charge in [0, 0.05) is 6.54 Å². The first kappa shape index (κ1) is 12.7. The van der Waals surface area contributed by atoms with E-state index in [1.165, 1.54) is 0 Å². The molecule has 0 aliphatic rings. The molecular weight excluding hydrogens is 184 g/mol. The zero-order valence-electron chi connectivity index (χ0n) is 8.70. The van der Waals surface area contributed by atoms with Crippen molar-refractivity contribution >= 4 is 6.09 Å². The predicted molar refractivity (Wildman–Crippen MR) is 50.4 cm³/mol. The van der Waals surface area contributed by atoms with Crippen molar-refractivity contribution in [2.45, 2.75) is 26.4 Å². The summed E-state index contributed by atoms with van der Waals surface area (Å²) >= 11 is 0. The van der Waals surface area contributed by atoms with E-state index >= 15 is 0 Å². The molecule has 80 valence electrons. The number of amides is 1. The molecule has 0 heterocycles. The lowest BCUT2D eigenvalue weighted by Crippen LogP contribution is -2.35. The number of carbonyl (C=O) groups is 1. The second-order valence-corrected chi connectivity index (χ2v) is 3.89. The molecule has 0 spiro atoms. The number of hydrogen-bond donors (Lipinski definition) is 2. The van der Waals surface area contributed by atoms with E-state index in [2.05, 4.69) is 5.32 Å². The lowest BCUT2D eigenvalue weighted by Gasteiger charge is -2.20. The van der Waals surface area contributed by atoms with Gasteiger partial charge in [-0.25, -0.2) is 4.79 Å². The van der Waals surface area contributed by atoms with Gasteiger partial charge < -0.3 is 15.2 Å². The minimum atomic E-state index is -0.581. The summed E-state index contributed by atoms with van der Waals surface area (Å²) < 4.78 is 4.94. The van der Waals surface area contributed by atoms with E-state index in [4.69, 9.17) is 15.1 Å². The molecule has 1 atom stereocenters. The van der Waals surface area contributed by atoms with Crippen LogP contribution in [0.4, 0.5) is 4.79 Å². The smallest absolute Gasteiger partial charge is 0.407 e. The van der Waals surface area contributed by atoms with Crippen LogP contribution in [-0.2, 0) is 4.74 Å². The second-order valence-electron chi connectivity index (χ2n) is 3.89. The zero-order chi connectivity index (χ0) is 11.2. The van der Waals surface area contributed by atoms with Crippen LogP contribution in [0.2, 0.25) is 0 Å². The molecule has 0 unspecified atom stereocenters. The number of alkyl carbamates (subject to hydrolysis) is 1. The van der Waals surface area contributed by atoms with Crippen LogP contribution in [-0.4, -0.2) is 30.0 Å². The Labute approximate surface area is 83.7 Å². The molecule has 1 amide bonds. The van der Waals surface area contributed by atoms with E-state index in [0.29, 0.717) is 0 Å². The Hall–Kier alpha value is -1.28. The highest BCUT2D eigenvalue weighted by Gasteiger charge is 2.16. The van der Waals surface area contributed by atoms with Crippen LogP contribution < -0.4 is 5.32 Å². The fourth-order valence-corrected chi connectivity index (χ4v) is 0.672. The number of ether oxygens (including phenoxy) is 1. The summed E-state index contributed by atoms with van der Waals surface area (Å²) in [6.45, 7) is 5.08. The molecule has 5 heteroatoms. The van der Waals surface area contributed by atoms with Gasteiger partial charge in [0.2, 0.25) is 0 Å². The molecule has 0 aliphatic heterocycles. The van der Waals surface area contributed by atoms with Crippen molar-refractivity contribution in [1.82, 2.24) is 5.32 Å². The molecule has 0 rings (SSSR count). The quantitative estimate of drug-likeness (QED) is 0.700. The molecule has 0 aromatic rings. The monoisotopic (exact) mass is 200 g/mol. The number of aliphatic hydroxyl groups excluding tert-OH is 1. The summed E-state index contributed by atoms with van der Waals surface area (Å²) in [5.41, 5.74) is -0.550.